The third-order valence-corrected chi connectivity index (χ3v) is 8.53. The van der Waals surface area contributed by atoms with E-state index in [0.29, 0.717) is 12.1 Å². The van der Waals surface area contributed by atoms with Crippen LogP contribution in [0, 0.1) is 0 Å². The maximum atomic E-state index is 12.5. The Balaban J connectivity index is 1.17. The monoisotopic (exact) mass is 474 g/mol. The predicted molar refractivity (Wildman–Crippen MR) is 123 cm³/mol. The molecule has 2 fully saturated rings. The highest BCUT2D eigenvalue weighted by Gasteiger charge is 2.30. The quantitative estimate of drug-likeness (QED) is 0.606. The van der Waals surface area contributed by atoms with Crippen LogP contribution >= 0.6 is 27.3 Å². The molecule has 0 unspecified atom stereocenters. The molecule has 1 aromatic carbocycles. The summed E-state index contributed by atoms with van der Waals surface area (Å²) in [5.41, 5.74) is 2.03. The third-order valence-electron chi connectivity index (χ3n) is 6.62. The lowest BCUT2D eigenvalue weighted by molar-refractivity contribution is 0.0772. The van der Waals surface area contributed by atoms with Crippen molar-refractivity contribution < 1.29 is 0 Å². The smallest absolute Gasteiger partial charge is 0.306 e. The van der Waals surface area contributed by atoms with E-state index in [1.165, 1.54) is 35.3 Å². The lowest BCUT2D eigenvalue weighted by atomic mass is 9.97. The number of aromatic amines is 1. The van der Waals surface area contributed by atoms with Gasteiger partial charge in [-0.3, -0.25) is 9.47 Å². The maximum absolute atomic E-state index is 12.5. The Kier molecular flexibility index (Phi) is 5.65. The minimum Gasteiger partial charge on any atom is -0.306 e. The van der Waals surface area contributed by atoms with Gasteiger partial charge in [-0.25, -0.2) is 4.79 Å². The van der Waals surface area contributed by atoms with Crippen LogP contribution in [0.5, 0.6) is 0 Å². The van der Waals surface area contributed by atoms with Crippen molar-refractivity contribution in [2.24, 2.45) is 0 Å². The number of fused-ring (bicyclic) bond motifs is 1. The Morgan fingerprint density at radius 1 is 1.00 bits per heavy atom. The highest BCUT2D eigenvalue weighted by Crippen LogP contribution is 2.29. The van der Waals surface area contributed by atoms with E-state index >= 15 is 0 Å². The number of likely N-dealkylation sites (tertiary alicyclic amines) is 2. The number of halogens is 1. The summed E-state index contributed by atoms with van der Waals surface area (Å²) in [5.74, 6) is 0. The number of rotatable bonds is 4. The average molecular weight is 475 g/mol. The number of piperidine rings is 2. The van der Waals surface area contributed by atoms with Gasteiger partial charge in [-0.2, -0.15) is 0 Å². The van der Waals surface area contributed by atoms with Crippen LogP contribution in [0.15, 0.2) is 45.0 Å². The molecule has 5 nitrogen and oxygen atoms in total. The molecule has 154 valence electrons. The van der Waals surface area contributed by atoms with Gasteiger partial charge in [0, 0.05) is 54.2 Å². The second-order valence-electron chi connectivity index (χ2n) is 8.28. The molecule has 0 radical (unpaired) electrons. The van der Waals surface area contributed by atoms with Crippen molar-refractivity contribution in [3.8, 4) is 0 Å². The standard InChI is InChI=1S/C22H27BrN4OS/c23-18-9-14-29-21(18)15-25-10-5-16(6-11-25)26-12-7-17(8-13-26)27-20-4-2-1-3-19(20)24-22(27)28/h1-4,9,14,16-17H,5-8,10-13,15H2,(H,24,28). The summed E-state index contributed by atoms with van der Waals surface area (Å²) in [4.78, 5) is 22.2. The highest BCUT2D eigenvalue weighted by atomic mass is 79.9. The van der Waals surface area contributed by atoms with Crippen molar-refractivity contribution >= 4 is 38.3 Å². The number of nitrogens with zero attached hydrogens (tertiary/aromatic N) is 3. The number of para-hydroxylation sites is 2. The molecular formula is C22H27BrN4OS. The van der Waals surface area contributed by atoms with Crippen molar-refractivity contribution in [1.29, 1.82) is 0 Å². The number of nitrogens with one attached hydrogen (secondary N) is 1. The fourth-order valence-corrected chi connectivity index (χ4v) is 6.55. The molecule has 2 aliphatic rings. The van der Waals surface area contributed by atoms with E-state index in [0.717, 1.165) is 43.5 Å². The van der Waals surface area contributed by atoms with Crippen LogP contribution in [0.2, 0.25) is 0 Å². The first-order valence-corrected chi connectivity index (χ1v) is 12.2. The largest absolute Gasteiger partial charge is 0.326 e. The number of aromatic nitrogens is 2. The molecule has 0 spiro atoms. The summed E-state index contributed by atoms with van der Waals surface area (Å²) in [6.07, 6.45) is 4.62. The molecule has 1 N–H and O–H groups in total. The molecule has 2 aliphatic heterocycles. The highest BCUT2D eigenvalue weighted by molar-refractivity contribution is 9.10. The normalized spacial score (nSPS) is 20.6. The van der Waals surface area contributed by atoms with Crippen molar-refractivity contribution in [3.63, 3.8) is 0 Å². The second-order valence-corrected chi connectivity index (χ2v) is 10.1. The van der Waals surface area contributed by atoms with Crippen molar-refractivity contribution in [3.05, 3.63) is 55.5 Å². The number of thiophene rings is 1. The number of imidazole rings is 1. The molecule has 0 saturated carbocycles. The zero-order chi connectivity index (χ0) is 19.8. The predicted octanol–water partition coefficient (Wildman–Crippen LogP) is 4.46. The Morgan fingerprint density at radius 2 is 1.72 bits per heavy atom. The Bertz CT molecular complexity index is 1020. The zero-order valence-electron chi connectivity index (χ0n) is 16.5. The molecule has 0 amide bonds. The van der Waals surface area contributed by atoms with Gasteiger partial charge in [-0.15, -0.1) is 11.3 Å². The minimum absolute atomic E-state index is 0.0395. The lowest BCUT2D eigenvalue weighted by Crippen LogP contribution is -2.48. The number of benzene rings is 1. The summed E-state index contributed by atoms with van der Waals surface area (Å²) in [6.45, 7) is 5.61. The van der Waals surface area contributed by atoms with Gasteiger partial charge in [0.25, 0.3) is 0 Å². The summed E-state index contributed by atoms with van der Waals surface area (Å²) >= 11 is 5.50. The Labute approximate surface area is 183 Å². The lowest BCUT2D eigenvalue weighted by Gasteiger charge is -2.42. The van der Waals surface area contributed by atoms with Crippen LogP contribution in [-0.4, -0.2) is 51.6 Å². The average Bonchev–Trinajstić information content (AvgIpc) is 3.30. The van der Waals surface area contributed by atoms with Gasteiger partial charge in [0.1, 0.15) is 0 Å². The Morgan fingerprint density at radius 3 is 2.45 bits per heavy atom. The summed E-state index contributed by atoms with van der Waals surface area (Å²) in [7, 11) is 0. The van der Waals surface area contributed by atoms with Crippen LogP contribution < -0.4 is 5.69 Å². The van der Waals surface area contributed by atoms with E-state index in [4.69, 9.17) is 0 Å². The van der Waals surface area contributed by atoms with Crippen LogP contribution in [-0.2, 0) is 6.54 Å². The van der Waals surface area contributed by atoms with Gasteiger partial charge in [0.2, 0.25) is 0 Å². The van der Waals surface area contributed by atoms with Gasteiger partial charge >= 0.3 is 5.69 Å². The van der Waals surface area contributed by atoms with E-state index in [-0.39, 0.29) is 5.69 Å². The first kappa shape index (κ1) is 19.5. The van der Waals surface area contributed by atoms with Crippen molar-refractivity contribution in [2.45, 2.75) is 44.3 Å². The molecule has 3 aromatic rings. The van der Waals surface area contributed by atoms with Gasteiger partial charge < -0.3 is 9.88 Å². The van der Waals surface area contributed by atoms with E-state index in [9.17, 15) is 4.79 Å². The molecule has 2 aromatic heterocycles. The Hall–Kier alpha value is -1.41. The van der Waals surface area contributed by atoms with Crippen LogP contribution in [0.25, 0.3) is 11.0 Å². The summed E-state index contributed by atoms with van der Waals surface area (Å²) in [6, 6.07) is 11.2. The van der Waals surface area contributed by atoms with Crippen LogP contribution in [0.4, 0.5) is 0 Å². The summed E-state index contributed by atoms with van der Waals surface area (Å²) < 4.78 is 3.24. The third kappa shape index (κ3) is 3.98. The van der Waals surface area contributed by atoms with Gasteiger partial charge in [-0.05, 0) is 65.2 Å². The molecular weight excluding hydrogens is 448 g/mol. The molecule has 0 aliphatic carbocycles. The SMILES string of the molecule is O=c1[nH]c2ccccc2n1C1CCN(C2CCN(Cc3sccc3Br)CC2)CC1. The van der Waals surface area contributed by atoms with Crippen molar-refractivity contribution in [1.82, 2.24) is 19.4 Å². The fraction of sp³-hybridized carbons (Fsp3) is 0.500. The second kappa shape index (κ2) is 8.38. The van der Waals surface area contributed by atoms with Crippen LogP contribution in [0.1, 0.15) is 36.6 Å². The van der Waals surface area contributed by atoms with Crippen LogP contribution in [0.3, 0.4) is 0 Å². The summed E-state index contributed by atoms with van der Waals surface area (Å²) in [5, 5.41) is 2.16. The molecule has 4 heterocycles. The molecule has 5 rings (SSSR count). The van der Waals surface area contributed by atoms with Gasteiger partial charge in [-0.1, -0.05) is 12.1 Å². The molecule has 29 heavy (non-hydrogen) atoms. The maximum Gasteiger partial charge on any atom is 0.326 e. The number of hydrogen-bond acceptors (Lipinski definition) is 4. The van der Waals surface area contributed by atoms with Crippen molar-refractivity contribution in [2.75, 3.05) is 26.2 Å². The first-order valence-electron chi connectivity index (χ1n) is 10.6. The van der Waals surface area contributed by atoms with E-state index < -0.39 is 0 Å². The van der Waals surface area contributed by atoms with E-state index in [1.54, 1.807) is 0 Å². The fourth-order valence-electron chi connectivity index (χ4n) is 5.03. The first-order chi connectivity index (χ1) is 14.2. The van der Waals surface area contributed by atoms with E-state index in [1.807, 2.05) is 34.1 Å². The van der Waals surface area contributed by atoms with Gasteiger partial charge in [0.05, 0.1) is 11.0 Å². The topological polar surface area (TPSA) is 44.3 Å². The zero-order valence-corrected chi connectivity index (χ0v) is 18.9. The molecule has 7 heteroatoms. The molecule has 0 bridgehead atoms. The van der Waals surface area contributed by atoms with E-state index in [2.05, 4.69) is 48.2 Å². The molecule has 2 saturated heterocycles. The molecule has 0 atom stereocenters. The van der Waals surface area contributed by atoms with Gasteiger partial charge in [0.15, 0.2) is 0 Å². The number of hydrogen-bond donors (Lipinski definition) is 1. The minimum atomic E-state index is 0.0395. The number of H-pyrrole nitrogens is 1.